The van der Waals surface area contributed by atoms with Crippen LogP contribution in [0.2, 0.25) is 0 Å². The van der Waals surface area contributed by atoms with Gasteiger partial charge in [0.2, 0.25) is 0 Å². The first kappa shape index (κ1) is 11.5. The molecular weight excluding hydrogens is 180 g/mol. The van der Waals surface area contributed by atoms with Crippen LogP contribution in [0.25, 0.3) is 0 Å². The van der Waals surface area contributed by atoms with Gasteiger partial charge in [0.1, 0.15) is 0 Å². The van der Waals surface area contributed by atoms with E-state index in [1.54, 1.807) is 25.7 Å². The number of rotatable bonds is 0. The molecule has 0 saturated heterocycles. The van der Waals surface area contributed by atoms with E-state index in [1.807, 2.05) is 0 Å². The number of hydrogen-bond acceptors (Lipinski definition) is 0. The third-order valence-corrected chi connectivity index (χ3v) is 4.83. The lowest BCUT2D eigenvalue weighted by Crippen LogP contribution is -2.16. The standard InChI is InChI=1S/C15H28/c1-2-4-6-8-12-15(11-7-5-3-1)13-9-10-14-15/h1-14H2. The Morgan fingerprint density at radius 2 is 0.600 bits per heavy atom. The average molecular weight is 208 g/mol. The maximum atomic E-state index is 1.56. The molecule has 0 atom stereocenters. The lowest BCUT2D eigenvalue weighted by molar-refractivity contribution is 0.232. The quantitative estimate of drug-likeness (QED) is 0.496. The largest absolute Gasteiger partial charge is 0.0533 e. The zero-order valence-electron chi connectivity index (χ0n) is 10.4. The molecule has 0 aromatic rings. The highest BCUT2D eigenvalue weighted by atomic mass is 14.4. The molecular formula is C15H28. The molecule has 0 aliphatic heterocycles. The maximum absolute atomic E-state index is 1.56. The first-order chi connectivity index (χ1) is 7.41. The minimum absolute atomic E-state index is 0.824. The van der Waals surface area contributed by atoms with E-state index in [0.717, 1.165) is 5.41 Å². The molecule has 88 valence electrons. The molecule has 2 saturated carbocycles. The molecule has 0 nitrogen and oxygen atoms in total. The van der Waals surface area contributed by atoms with Gasteiger partial charge in [0, 0.05) is 0 Å². The van der Waals surface area contributed by atoms with Crippen molar-refractivity contribution in [3.8, 4) is 0 Å². The van der Waals surface area contributed by atoms with Crippen LogP contribution >= 0.6 is 0 Å². The van der Waals surface area contributed by atoms with Gasteiger partial charge in [-0.15, -0.1) is 0 Å². The molecule has 2 aliphatic carbocycles. The topological polar surface area (TPSA) is 0 Å². The molecule has 0 amide bonds. The van der Waals surface area contributed by atoms with Gasteiger partial charge >= 0.3 is 0 Å². The van der Waals surface area contributed by atoms with Gasteiger partial charge in [0.05, 0.1) is 0 Å². The fourth-order valence-corrected chi connectivity index (χ4v) is 3.81. The van der Waals surface area contributed by atoms with Crippen LogP contribution in [-0.2, 0) is 0 Å². The molecule has 0 aromatic carbocycles. The summed E-state index contributed by atoms with van der Waals surface area (Å²) < 4.78 is 0. The molecule has 1 spiro atoms. The molecule has 0 heteroatoms. The highest BCUT2D eigenvalue weighted by molar-refractivity contribution is 4.84. The smallest absolute Gasteiger partial charge is 0.0297 e. The van der Waals surface area contributed by atoms with Gasteiger partial charge in [0.15, 0.2) is 0 Å². The van der Waals surface area contributed by atoms with Gasteiger partial charge in [-0.3, -0.25) is 0 Å². The summed E-state index contributed by atoms with van der Waals surface area (Å²) in [5.41, 5.74) is 0.824. The van der Waals surface area contributed by atoms with Crippen molar-refractivity contribution in [1.29, 1.82) is 0 Å². The Morgan fingerprint density at radius 1 is 0.333 bits per heavy atom. The summed E-state index contributed by atoms with van der Waals surface area (Å²) in [6.45, 7) is 0. The zero-order chi connectivity index (χ0) is 10.4. The molecule has 2 rings (SSSR count). The molecule has 0 radical (unpaired) electrons. The Bertz CT molecular complexity index is 151. The summed E-state index contributed by atoms with van der Waals surface area (Å²) in [6, 6.07) is 0. The predicted molar refractivity (Wildman–Crippen MR) is 67.1 cm³/mol. The van der Waals surface area contributed by atoms with Crippen molar-refractivity contribution in [2.24, 2.45) is 5.41 Å². The Morgan fingerprint density at radius 3 is 1.00 bits per heavy atom. The van der Waals surface area contributed by atoms with Crippen LogP contribution in [0.4, 0.5) is 0 Å². The summed E-state index contributed by atoms with van der Waals surface area (Å²) in [7, 11) is 0. The van der Waals surface area contributed by atoms with Crippen molar-refractivity contribution in [1.82, 2.24) is 0 Å². The third kappa shape index (κ3) is 3.50. The van der Waals surface area contributed by atoms with Crippen molar-refractivity contribution < 1.29 is 0 Å². The SMILES string of the molecule is C1CCCCCC2(CCCC1)CCCC2. The zero-order valence-corrected chi connectivity index (χ0v) is 10.4. The van der Waals surface area contributed by atoms with E-state index in [9.17, 15) is 0 Å². The fraction of sp³-hybridized carbons (Fsp3) is 1.00. The molecule has 0 unspecified atom stereocenters. The summed E-state index contributed by atoms with van der Waals surface area (Å²) >= 11 is 0. The van der Waals surface area contributed by atoms with Crippen molar-refractivity contribution in [3.05, 3.63) is 0 Å². The van der Waals surface area contributed by atoms with Gasteiger partial charge in [-0.05, 0) is 31.1 Å². The van der Waals surface area contributed by atoms with Crippen LogP contribution in [0.5, 0.6) is 0 Å². The Labute approximate surface area is 95.8 Å². The summed E-state index contributed by atoms with van der Waals surface area (Å²) in [4.78, 5) is 0. The second-order valence-corrected chi connectivity index (χ2v) is 6.04. The first-order valence-electron chi connectivity index (χ1n) is 7.41. The molecule has 15 heavy (non-hydrogen) atoms. The Hall–Kier alpha value is 0. The second-order valence-electron chi connectivity index (χ2n) is 6.04. The van der Waals surface area contributed by atoms with Crippen LogP contribution < -0.4 is 0 Å². The van der Waals surface area contributed by atoms with Crippen molar-refractivity contribution in [2.75, 3.05) is 0 Å². The van der Waals surface area contributed by atoms with E-state index in [2.05, 4.69) is 0 Å². The fourth-order valence-electron chi connectivity index (χ4n) is 3.81. The molecule has 0 aromatic heterocycles. The molecule has 2 fully saturated rings. The van der Waals surface area contributed by atoms with Gasteiger partial charge in [0.25, 0.3) is 0 Å². The van der Waals surface area contributed by atoms with Gasteiger partial charge in [-0.2, -0.15) is 0 Å². The van der Waals surface area contributed by atoms with Crippen molar-refractivity contribution in [2.45, 2.75) is 89.9 Å². The van der Waals surface area contributed by atoms with Gasteiger partial charge in [-0.1, -0.05) is 64.2 Å². The first-order valence-corrected chi connectivity index (χ1v) is 7.41. The Kier molecular flexibility index (Phi) is 4.53. The minimum Gasteiger partial charge on any atom is -0.0533 e. The van der Waals surface area contributed by atoms with Crippen LogP contribution in [0.1, 0.15) is 89.9 Å². The monoisotopic (exact) mass is 208 g/mol. The Balaban J connectivity index is 1.84. The van der Waals surface area contributed by atoms with Crippen LogP contribution in [-0.4, -0.2) is 0 Å². The van der Waals surface area contributed by atoms with Crippen LogP contribution in [0.15, 0.2) is 0 Å². The van der Waals surface area contributed by atoms with E-state index >= 15 is 0 Å². The average Bonchev–Trinajstić information content (AvgIpc) is 2.67. The molecule has 0 bridgehead atoms. The molecule has 0 heterocycles. The van der Waals surface area contributed by atoms with Crippen LogP contribution in [0, 0.1) is 5.41 Å². The number of hydrogen-bond donors (Lipinski definition) is 0. The van der Waals surface area contributed by atoms with E-state index < -0.39 is 0 Å². The van der Waals surface area contributed by atoms with E-state index in [-0.39, 0.29) is 0 Å². The summed E-state index contributed by atoms with van der Waals surface area (Å²) in [5, 5.41) is 0. The van der Waals surface area contributed by atoms with Crippen molar-refractivity contribution >= 4 is 0 Å². The normalized spacial score (nSPS) is 28.8. The second kappa shape index (κ2) is 5.92. The van der Waals surface area contributed by atoms with E-state index in [4.69, 9.17) is 0 Å². The lowest BCUT2D eigenvalue weighted by Gasteiger charge is -2.29. The molecule has 2 aliphatic rings. The van der Waals surface area contributed by atoms with E-state index in [0.29, 0.717) is 0 Å². The highest BCUT2D eigenvalue weighted by Crippen LogP contribution is 2.46. The summed E-state index contributed by atoms with van der Waals surface area (Å²) in [6.07, 6.45) is 21.4. The van der Waals surface area contributed by atoms with Crippen molar-refractivity contribution in [3.63, 3.8) is 0 Å². The predicted octanol–water partition coefficient (Wildman–Crippen LogP) is 5.46. The van der Waals surface area contributed by atoms with Crippen LogP contribution in [0.3, 0.4) is 0 Å². The minimum atomic E-state index is 0.824. The van der Waals surface area contributed by atoms with Gasteiger partial charge < -0.3 is 0 Å². The highest BCUT2D eigenvalue weighted by Gasteiger charge is 2.32. The van der Waals surface area contributed by atoms with E-state index in [1.165, 1.54) is 64.2 Å². The lowest BCUT2D eigenvalue weighted by atomic mass is 9.77. The molecule has 0 N–H and O–H groups in total. The van der Waals surface area contributed by atoms with Gasteiger partial charge in [-0.25, -0.2) is 0 Å². The summed E-state index contributed by atoms with van der Waals surface area (Å²) in [5.74, 6) is 0. The third-order valence-electron chi connectivity index (χ3n) is 4.83. The maximum Gasteiger partial charge on any atom is -0.0297 e.